The van der Waals surface area contributed by atoms with Crippen molar-refractivity contribution in [1.82, 2.24) is 9.97 Å². The zero-order chi connectivity index (χ0) is 22.5. The molecule has 0 unspecified atom stereocenters. The van der Waals surface area contributed by atoms with Crippen LogP contribution in [0.1, 0.15) is 29.0 Å². The fourth-order valence-corrected chi connectivity index (χ4v) is 4.19. The van der Waals surface area contributed by atoms with E-state index in [1.54, 1.807) is 19.3 Å². The SMILES string of the molecule is C=CCSc1nc2c(c(=O)[nH]1)[C@H](c1ccc(OCc3ccccc3)c(OC)c1)CC(=O)N2. The van der Waals surface area contributed by atoms with Crippen LogP contribution < -0.4 is 20.3 Å². The summed E-state index contributed by atoms with van der Waals surface area (Å²) < 4.78 is 11.5. The Labute approximate surface area is 189 Å². The molecule has 1 aliphatic heterocycles. The number of benzene rings is 2. The number of fused-ring (bicyclic) bond motifs is 1. The van der Waals surface area contributed by atoms with Gasteiger partial charge in [-0.25, -0.2) is 4.98 Å². The topological polar surface area (TPSA) is 93.3 Å². The quantitative estimate of drug-likeness (QED) is 0.305. The molecule has 0 bridgehead atoms. The van der Waals surface area contributed by atoms with Gasteiger partial charge in [0.15, 0.2) is 16.7 Å². The average Bonchev–Trinajstić information content (AvgIpc) is 2.81. The number of amides is 1. The molecule has 3 aromatic rings. The van der Waals surface area contributed by atoms with Crippen molar-refractivity contribution in [2.45, 2.75) is 24.1 Å². The van der Waals surface area contributed by atoms with E-state index in [-0.39, 0.29) is 17.9 Å². The highest BCUT2D eigenvalue weighted by molar-refractivity contribution is 7.99. The molecule has 1 aliphatic rings. The van der Waals surface area contributed by atoms with Crippen molar-refractivity contribution in [3.8, 4) is 11.5 Å². The number of carbonyl (C=O) groups is 1. The third-order valence-electron chi connectivity index (χ3n) is 5.09. The molecule has 2 heterocycles. The van der Waals surface area contributed by atoms with Gasteiger partial charge in [-0.15, -0.1) is 6.58 Å². The van der Waals surface area contributed by atoms with Crippen LogP contribution in [0.25, 0.3) is 0 Å². The van der Waals surface area contributed by atoms with Crippen molar-refractivity contribution in [2.75, 3.05) is 18.2 Å². The summed E-state index contributed by atoms with van der Waals surface area (Å²) in [4.78, 5) is 32.5. The van der Waals surface area contributed by atoms with Gasteiger partial charge in [-0.1, -0.05) is 54.2 Å². The van der Waals surface area contributed by atoms with Crippen LogP contribution in [-0.4, -0.2) is 28.7 Å². The molecule has 0 fully saturated rings. The number of hydrogen-bond acceptors (Lipinski definition) is 6. The fourth-order valence-electron chi connectivity index (χ4n) is 3.60. The van der Waals surface area contributed by atoms with Gasteiger partial charge in [0.25, 0.3) is 5.56 Å². The molecule has 32 heavy (non-hydrogen) atoms. The summed E-state index contributed by atoms with van der Waals surface area (Å²) in [5.74, 6) is 1.39. The van der Waals surface area contributed by atoms with Gasteiger partial charge in [-0.3, -0.25) is 9.59 Å². The average molecular weight is 450 g/mol. The first kappa shape index (κ1) is 21.7. The normalized spacial score (nSPS) is 14.9. The summed E-state index contributed by atoms with van der Waals surface area (Å²) in [6, 6.07) is 15.3. The Morgan fingerprint density at radius 2 is 2.00 bits per heavy atom. The van der Waals surface area contributed by atoms with Gasteiger partial charge in [0.05, 0.1) is 12.7 Å². The van der Waals surface area contributed by atoms with E-state index in [9.17, 15) is 9.59 Å². The molecule has 1 atom stereocenters. The lowest BCUT2D eigenvalue weighted by atomic mass is 9.86. The number of aromatic amines is 1. The van der Waals surface area contributed by atoms with Crippen molar-refractivity contribution >= 4 is 23.5 Å². The third kappa shape index (κ3) is 4.70. The summed E-state index contributed by atoms with van der Waals surface area (Å²) >= 11 is 1.34. The summed E-state index contributed by atoms with van der Waals surface area (Å²) in [7, 11) is 1.56. The molecular formula is C24H23N3O4S. The fraction of sp³-hybridized carbons (Fsp3) is 0.208. The second kappa shape index (κ2) is 9.74. The Morgan fingerprint density at radius 3 is 2.75 bits per heavy atom. The molecule has 8 heteroatoms. The maximum Gasteiger partial charge on any atom is 0.257 e. The number of rotatable bonds is 8. The number of aromatic nitrogens is 2. The molecule has 0 saturated carbocycles. The first-order valence-electron chi connectivity index (χ1n) is 10.1. The van der Waals surface area contributed by atoms with Crippen LogP contribution in [0, 0.1) is 0 Å². The molecule has 1 aromatic heterocycles. The zero-order valence-corrected chi connectivity index (χ0v) is 18.4. The number of thioether (sulfide) groups is 1. The molecule has 2 N–H and O–H groups in total. The van der Waals surface area contributed by atoms with Crippen molar-refractivity contribution in [1.29, 1.82) is 0 Å². The van der Waals surface area contributed by atoms with E-state index in [0.29, 0.717) is 40.4 Å². The van der Waals surface area contributed by atoms with Crippen LogP contribution in [-0.2, 0) is 11.4 Å². The number of ether oxygens (including phenoxy) is 2. The highest BCUT2D eigenvalue weighted by Gasteiger charge is 2.31. The summed E-state index contributed by atoms with van der Waals surface area (Å²) in [6.07, 6.45) is 1.86. The summed E-state index contributed by atoms with van der Waals surface area (Å²) in [5, 5.41) is 3.17. The van der Waals surface area contributed by atoms with E-state index in [4.69, 9.17) is 9.47 Å². The van der Waals surface area contributed by atoms with Gasteiger partial charge in [-0.05, 0) is 23.3 Å². The Hall–Kier alpha value is -3.52. The van der Waals surface area contributed by atoms with Crippen molar-refractivity contribution in [3.63, 3.8) is 0 Å². The highest BCUT2D eigenvalue weighted by Crippen LogP contribution is 2.38. The number of methoxy groups -OCH3 is 1. The Bertz CT molecular complexity index is 1190. The van der Waals surface area contributed by atoms with Crippen LogP contribution in [0.2, 0.25) is 0 Å². The second-order valence-electron chi connectivity index (χ2n) is 7.22. The number of nitrogens with zero attached hydrogens (tertiary/aromatic N) is 1. The van der Waals surface area contributed by atoms with Gasteiger partial charge in [-0.2, -0.15) is 0 Å². The summed E-state index contributed by atoms with van der Waals surface area (Å²) in [5.41, 5.74) is 1.99. The van der Waals surface area contributed by atoms with Gasteiger partial charge < -0.3 is 19.8 Å². The van der Waals surface area contributed by atoms with Crippen LogP contribution >= 0.6 is 11.8 Å². The molecule has 0 aliphatic carbocycles. The molecule has 4 rings (SSSR count). The number of anilines is 1. The largest absolute Gasteiger partial charge is 0.493 e. The first-order valence-corrected chi connectivity index (χ1v) is 11.1. The van der Waals surface area contributed by atoms with E-state index in [1.165, 1.54) is 11.8 Å². The number of carbonyl (C=O) groups excluding carboxylic acids is 1. The second-order valence-corrected chi connectivity index (χ2v) is 8.23. The van der Waals surface area contributed by atoms with Gasteiger partial charge in [0, 0.05) is 18.1 Å². The van der Waals surface area contributed by atoms with E-state index in [1.807, 2.05) is 42.5 Å². The summed E-state index contributed by atoms with van der Waals surface area (Å²) in [6.45, 7) is 4.07. The van der Waals surface area contributed by atoms with Gasteiger partial charge in [0.1, 0.15) is 12.4 Å². The molecule has 164 valence electrons. The van der Waals surface area contributed by atoms with Crippen LogP contribution in [0.5, 0.6) is 11.5 Å². The lowest BCUT2D eigenvalue weighted by molar-refractivity contribution is -0.116. The minimum atomic E-state index is -0.439. The molecule has 0 radical (unpaired) electrons. The van der Waals surface area contributed by atoms with Crippen molar-refractivity contribution in [2.24, 2.45) is 0 Å². The van der Waals surface area contributed by atoms with Gasteiger partial charge >= 0.3 is 0 Å². The molecule has 7 nitrogen and oxygen atoms in total. The Balaban J connectivity index is 1.64. The van der Waals surface area contributed by atoms with E-state index >= 15 is 0 Å². The zero-order valence-electron chi connectivity index (χ0n) is 17.6. The molecule has 0 spiro atoms. The number of H-pyrrole nitrogens is 1. The monoisotopic (exact) mass is 449 g/mol. The molecule has 2 aromatic carbocycles. The predicted molar refractivity (Wildman–Crippen MR) is 125 cm³/mol. The van der Waals surface area contributed by atoms with Gasteiger partial charge in [0.2, 0.25) is 5.91 Å². The first-order chi connectivity index (χ1) is 15.6. The molecular weight excluding hydrogens is 426 g/mol. The van der Waals surface area contributed by atoms with Crippen LogP contribution in [0.4, 0.5) is 5.82 Å². The van der Waals surface area contributed by atoms with E-state index < -0.39 is 5.92 Å². The highest BCUT2D eigenvalue weighted by atomic mass is 32.2. The van der Waals surface area contributed by atoms with Crippen molar-refractivity contribution < 1.29 is 14.3 Å². The maximum atomic E-state index is 12.9. The van der Waals surface area contributed by atoms with E-state index in [0.717, 1.165) is 11.1 Å². The standard InChI is InChI=1S/C24H23N3O4S/c1-3-11-32-24-26-22-21(23(29)27-24)17(13-20(28)25-22)16-9-10-18(19(12-16)30-2)31-14-15-7-5-4-6-8-15/h3-10,12,17H,1,11,13-14H2,2H3,(H2,25,26,27,28,29)/t17-/m0/s1. The molecule has 1 amide bonds. The number of nitrogens with one attached hydrogen (secondary N) is 2. The Morgan fingerprint density at radius 1 is 1.19 bits per heavy atom. The van der Waals surface area contributed by atoms with Crippen molar-refractivity contribution in [3.05, 3.63) is 88.2 Å². The van der Waals surface area contributed by atoms with Crippen LogP contribution in [0.3, 0.4) is 0 Å². The molecule has 0 saturated heterocycles. The lowest BCUT2D eigenvalue weighted by Gasteiger charge is -2.25. The lowest BCUT2D eigenvalue weighted by Crippen LogP contribution is -2.31. The number of hydrogen-bond donors (Lipinski definition) is 2. The van der Waals surface area contributed by atoms with Crippen LogP contribution in [0.15, 0.2) is 71.1 Å². The smallest absolute Gasteiger partial charge is 0.257 e. The minimum Gasteiger partial charge on any atom is -0.493 e. The third-order valence-corrected chi connectivity index (χ3v) is 5.96. The minimum absolute atomic E-state index is 0.143. The Kier molecular flexibility index (Phi) is 6.61. The van der Waals surface area contributed by atoms with E-state index in [2.05, 4.69) is 21.9 Å². The predicted octanol–water partition coefficient (Wildman–Crippen LogP) is 4.11. The maximum absolute atomic E-state index is 12.9.